The third-order valence-corrected chi connectivity index (χ3v) is 4.98. The lowest BCUT2D eigenvalue weighted by atomic mass is 9.86. The number of carbonyl (C=O) groups excluding carboxylic acids is 1. The number of aromatic nitrogens is 4. The van der Waals surface area contributed by atoms with Crippen molar-refractivity contribution in [3.8, 4) is 0 Å². The molecule has 1 fully saturated rings. The van der Waals surface area contributed by atoms with Crippen molar-refractivity contribution >= 4 is 11.7 Å². The van der Waals surface area contributed by atoms with Gasteiger partial charge in [0.25, 0.3) is 0 Å². The molecule has 3 heterocycles. The molecule has 0 aliphatic carbocycles. The molecule has 0 atom stereocenters. The van der Waals surface area contributed by atoms with Crippen LogP contribution in [0, 0.1) is 0 Å². The summed E-state index contributed by atoms with van der Waals surface area (Å²) in [7, 11) is 5.42. The van der Waals surface area contributed by atoms with E-state index in [0.717, 1.165) is 25.5 Å². The molecule has 1 aliphatic heterocycles. The lowest BCUT2D eigenvalue weighted by Crippen LogP contribution is -2.58. The van der Waals surface area contributed by atoms with Gasteiger partial charge in [-0.25, -0.2) is 0 Å². The van der Waals surface area contributed by atoms with Crippen molar-refractivity contribution in [3.63, 3.8) is 0 Å². The zero-order chi connectivity index (χ0) is 19.3. The summed E-state index contributed by atoms with van der Waals surface area (Å²) in [6.07, 6.45) is 7.22. The molecule has 0 spiro atoms. The van der Waals surface area contributed by atoms with Gasteiger partial charge in [-0.3, -0.25) is 19.1 Å². The van der Waals surface area contributed by atoms with E-state index in [2.05, 4.69) is 25.7 Å². The van der Waals surface area contributed by atoms with Gasteiger partial charge in [-0.05, 0) is 12.8 Å². The van der Waals surface area contributed by atoms with E-state index in [1.54, 1.807) is 11.8 Å². The van der Waals surface area contributed by atoms with Crippen LogP contribution in [-0.2, 0) is 30.2 Å². The molecule has 0 unspecified atom stereocenters. The summed E-state index contributed by atoms with van der Waals surface area (Å²) < 4.78 is 8.60. The maximum absolute atomic E-state index is 13.0. The van der Waals surface area contributed by atoms with Gasteiger partial charge in [-0.15, -0.1) is 0 Å². The highest BCUT2D eigenvalue weighted by molar-refractivity contribution is 5.89. The standard InChI is InChI=1S/C18H29N7O2/c1-23-8-4-16(22-23)21-18(17(26)19-7-11-27-3)5-9-25(10-6-18)14-15-12-20-24(2)13-15/h4,8,12-13H,5-7,9-11,14H2,1-3H3,(H,19,26)(H,21,22). The van der Waals surface area contributed by atoms with Gasteiger partial charge < -0.3 is 15.4 Å². The number of hydrogen-bond acceptors (Lipinski definition) is 6. The third kappa shape index (κ3) is 4.86. The largest absolute Gasteiger partial charge is 0.383 e. The molecule has 1 amide bonds. The number of anilines is 1. The van der Waals surface area contributed by atoms with E-state index in [9.17, 15) is 4.79 Å². The highest BCUT2D eigenvalue weighted by Gasteiger charge is 2.41. The van der Waals surface area contributed by atoms with Gasteiger partial charge in [-0.1, -0.05) is 0 Å². The van der Waals surface area contributed by atoms with Crippen molar-refractivity contribution in [3.05, 3.63) is 30.2 Å². The normalized spacial score (nSPS) is 17.0. The zero-order valence-corrected chi connectivity index (χ0v) is 16.3. The zero-order valence-electron chi connectivity index (χ0n) is 16.3. The van der Waals surface area contributed by atoms with E-state index in [1.165, 1.54) is 5.56 Å². The first-order valence-corrected chi connectivity index (χ1v) is 9.26. The maximum Gasteiger partial charge on any atom is 0.245 e. The van der Waals surface area contributed by atoms with Crippen LogP contribution in [0.25, 0.3) is 0 Å². The van der Waals surface area contributed by atoms with E-state index in [-0.39, 0.29) is 5.91 Å². The molecule has 0 bridgehead atoms. The van der Waals surface area contributed by atoms with Crippen molar-refractivity contribution in [2.24, 2.45) is 14.1 Å². The number of hydrogen-bond donors (Lipinski definition) is 2. The second-order valence-electron chi connectivity index (χ2n) is 7.13. The van der Waals surface area contributed by atoms with E-state index in [1.807, 2.05) is 43.4 Å². The van der Waals surface area contributed by atoms with Gasteiger partial charge >= 0.3 is 0 Å². The fourth-order valence-electron chi connectivity index (χ4n) is 3.48. The summed E-state index contributed by atoms with van der Waals surface area (Å²) in [5.74, 6) is 0.728. The predicted molar refractivity (Wildman–Crippen MR) is 102 cm³/mol. The minimum absolute atomic E-state index is 0.00577. The highest BCUT2D eigenvalue weighted by Crippen LogP contribution is 2.27. The summed E-state index contributed by atoms with van der Waals surface area (Å²) in [6.45, 7) is 3.50. The molecule has 3 rings (SSSR count). The van der Waals surface area contributed by atoms with Crippen LogP contribution < -0.4 is 10.6 Å². The van der Waals surface area contributed by atoms with Crippen LogP contribution in [0.5, 0.6) is 0 Å². The summed E-state index contributed by atoms with van der Waals surface area (Å²) in [6, 6.07) is 1.90. The third-order valence-electron chi connectivity index (χ3n) is 4.98. The lowest BCUT2D eigenvalue weighted by molar-refractivity contribution is -0.127. The van der Waals surface area contributed by atoms with E-state index in [4.69, 9.17) is 4.74 Å². The molecule has 0 aromatic carbocycles. The molecule has 148 valence electrons. The Balaban J connectivity index is 1.66. The predicted octanol–water partition coefficient (Wildman–Crippen LogP) is 0.363. The summed E-state index contributed by atoms with van der Waals surface area (Å²) in [5.41, 5.74) is 0.528. The first-order chi connectivity index (χ1) is 13.0. The maximum atomic E-state index is 13.0. The van der Waals surface area contributed by atoms with Crippen molar-refractivity contribution in [1.29, 1.82) is 0 Å². The van der Waals surface area contributed by atoms with Crippen molar-refractivity contribution in [2.75, 3.05) is 38.7 Å². The molecular weight excluding hydrogens is 346 g/mol. The molecular formula is C18H29N7O2. The van der Waals surface area contributed by atoms with Gasteiger partial charge in [0.1, 0.15) is 11.4 Å². The minimum atomic E-state index is -0.659. The number of nitrogens with zero attached hydrogens (tertiary/aromatic N) is 5. The van der Waals surface area contributed by atoms with Gasteiger partial charge in [0, 0.05) is 71.4 Å². The van der Waals surface area contributed by atoms with Crippen LogP contribution in [-0.4, -0.2) is 69.3 Å². The molecule has 0 saturated carbocycles. The first-order valence-electron chi connectivity index (χ1n) is 9.26. The van der Waals surface area contributed by atoms with E-state index >= 15 is 0 Å². The second-order valence-corrected chi connectivity index (χ2v) is 7.13. The Hall–Kier alpha value is -2.39. The van der Waals surface area contributed by atoms with Gasteiger partial charge in [-0.2, -0.15) is 10.2 Å². The van der Waals surface area contributed by atoms with Crippen molar-refractivity contribution in [1.82, 2.24) is 29.8 Å². The average Bonchev–Trinajstić information content (AvgIpc) is 3.24. The van der Waals surface area contributed by atoms with Gasteiger partial charge in [0.15, 0.2) is 0 Å². The number of aryl methyl sites for hydroxylation is 2. The fraction of sp³-hybridized carbons (Fsp3) is 0.611. The molecule has 1 saturated heterocycles. The minimum Gasteiger partial charge on any atom is -0.383 e. The molecule has 1 aliphatic rings. The second kappa shape index (κ2) is 8.53. The van der Waals surface area contributed by atoms with Crippen molar-refractivity contribution < 1.29 is 9.53 Å². The van der Waals surface area contributed by atoms with Crippen LogP contribution in [0.2, 0.25) is 0 Å². The topological polar surface area (TPSA) is 89.2 Å². The Labute approximate surface area is 159 Å². The van der Waals surface area contributed by atoms with Crippen molar-refractivity contribution in [2.45, 2.75) is 24.9 Å². The number of ether oxygens (including phenoxy) is 1. The molecule has 9 heteroatoms. The van der Waals surface area contributed by atoms with Crippen LogP contribution in [0.15, 0.2) is 24.7 Å². The average molecular weight is 375 g/mol. The highest BCUT2D eigenvalue weighted by atomic mass is 16.5. The molecule has 2 aromatic rings. The number of nitrogens with one attached hydrogen (secondary N) is 2. The molecule has 2 N–H and O–H groups in total. The Kier molecular flexibility index (Phi) is 6.12. The Morgan fingerprint density at radius 2 is 2.07 bits per heavy atom. The van der Waals surface area contributed by atoms with Gasteiger partial charge in [0.05, 0.1) is 12.8 Å². The fourth-order valence-corrected chi connectivity index (χ4v) is 3.48. The smallest absolute Gasteiger partial charge is 0.245 e. The summed E-state index contributed by atoms with van der Waals surface area (Å²) in [5, 5.41) is 15.0. The Morgan fingerprint density at radius 1 is 1.30 bits per heavy atom. The molecule has 2 aromatic heterocycles. The Bertz CT molecular complexity index is 746. The number of methoxy groups -OCH3 is 1. The van der Waals surface area contributed by atoms with Crippen LogP contribution in [0.1, 0.15) is 18.4 Å². The number of carbonyl (C=O) groups is 1. The van der Waals surface area contributed by atoms with Crippen LogP contribution >= 0.6 is 0 Å². The van der Waals surface area contributed by atoms with Crippen LogP contribution in [0.3, 0.4) is 0 Å². The summed E-state index contributed by atoms with van der Waals surface area (Å²) >= 11 is 0. The number of piperidine rings is 1. The Morgan fingerprint density at radius 3 is 2.67 bits per heavy atom. The van der Waals surface area contributed by atoms with E-state index < -0.39 is 5.54 Å². The lowest BCUT2D eigenvalue weighted by Gasteiger charge is -2.41. The quantitative estimate of drug-likeness (QED) is 0.648. The van der Waals surface area contributed by atoms with E-state index in [0.29, 0.717) is 26.0 Å². The number of amides is 1. The molecule has 9 nitrogen and oxygen atoms in total. The first kappa shape index (κ1) is 19.4. The molecule has 27 heavy (non-hydrogen) atoms. The SMILES string of the molecule is COCCNC(=O)C1(Nc2ccn(C)n2)CCN(Cc2cnn(C)c2)CC1. The summed E-state index contributed by atoms with van der Waals surface area (Å²) in [4.78, 5) is 15.3. The molecule has 0 radical (unpaired) electrons. The monoisotopic (exact) mass is 375 g/mol. The van der Waals surface area contributed by atoms with Crippen LogP contribution in [0.4, 0.5) is 5.82 Å². The number of rotatable bonds is 8. The van der Waals surface area contributed by atoms with Gasteiger partial charge in [0.2, 0.25) is 5.91 Å². The number of likely N-dealkylation sites (tertiary alicyclic amines) is 1.